The number of halogens is 7. The summed E-state index contributed by atoms with van der Waals surface area (Å²) in [7, 11) is 0. The second-order valence-corrected chi connectivity index (χ2v) is 16.1. The van der Waals surface area contributed by atoms with Crippen molar-refractivity contribution in [2.24, 2.45) is 17.8 Å². The van der Waals surface area contributed by atoms with Gasteiger partial charge in [-0.3, -0.25) is 29.0 Å². The van der Waals surface area contributed by atoms with E-state index in [0.29, 0.717) is 43.8 Å². The fourth-order valence-electron chi connectivity index (χ4n) is 9.42. The fourth-order valence-corrected chi connectivity index (χ4v) is 10.4. The minimum atomic E-state index is -2.62. The molecule has 3 aromatic rings. The molecule has 6 unspecified atom stereocenters. The monoisotopic (exact) mass is 817 g/mol. The summed E-state index contributed by atoms with van der Waals surface area (Å²) in [6, 6.07) is 15.4. The predicted octanol–water partition coefficient (Wildman–Crippen LogP) is 5.98. The lowest BCUT2D eigenvalue weighted by Gasteiger charge is -2.50. The summed E-state index contributed by atoms with van der Waals surface area (Å²) >= 11 is 14.5. The first kappa shape index (κ1) is 38.5. The van der Waals surface area contributed by atoms with Crippen molar-refractivity contribution in [3.05, 3.63) is 106 Å². The van der Waals surface area contributed by atoms with Gasteiger partial charge in [-0.25, -0.2) is 26.9 Å². The summed E-state index contributed by atoms with van der Waals surface area (Å²) in [5, 5.41) is 9.21. The van der Waals surface area contributed by atoms with E-state index < -0.39 is 98.4 Å². The van der Waals surface area contributed by atoms with E-state index in [-0.39, 0.29) is 36.0 Å². The van der Waals surface area contributed by atoms with Crippen LogP contribution in [0.15, 0.2) is 66.2 Å². The largest absolute Gasteiger partial charge is 0.491 e. The number of allylic oxidation sites excluding steroid dienone is 2. The van der Waals surface area contributed by atoms with Crippen LogP contribution in [0.1, 0.15) is 42.7 Å². The van der Waals surface area contributed by atoms with Crippen LogP contribution >= 0.6 is 23.2 Å². The van der Waals surface area contributed by atoms with Gasteiger partial charge in [0.15, 0.2) is 33.0 Å². The molecule has 3 heterocycles. The number of imide groups is 2. The third-order valence-electron chi connectivity index (χ3n) is 12.0. The number of anilines is 1. The highest BCUT2D eigenvalue weighted by atomic mass is 35.5. The van der Waals surface area contributed by atoms with Crippen molar-refractivity contribution in [1.82, 2.24) is 9.80 Å². The highest BCUT2D eigenvalue weighted by molar-refractivity contribution is 6.58. The van der Waals surface area contributed by atoms with Crippen molar-refractivity contribution in [2.45, 2.75) is 53.9 Å². The molecule has 3 aliphatic heterocycles. The minimum Gasteiger partial charge on any atom is -0.491 e. The lowest BCUT2D eigenvalue weighted by atomic mass is 9.56. The molecule has 6 atom stereocenters. The van der Waals surface area contributed by atoms with Gasteiger partial charge >= 0.3 is 0 Å². The zero-order valence-corrected chi connectivity index (χ0v) is 31.0. The number of piperidine rings is 1. The van der Waals surface area contributed by atoms with E-state index in [9.17, 15) is 37.5 Å². The molecule has 9 nitrogen and oxygen atoms in total. The second kappa shape index (κ2) is 14.2. The van der Waals surface area contributed by atoms with Crippen LogP contribution in [0.3, 0.4) is 0 Å². The number of likely N-dealkylation sites (tertiary alicyclic amines) is 2. The maximum absolute atomic E-state index is 15.3. The molecule has 1 saturated carbocycles. The minimum absolute atomic E-state index is 0.0497. The van der Waals surface area contributed by atoms with Crippen molar-refractivity contribution >= 4 is 52.5 Å². The summed E-state index contributed by atoms with van der Waals surface area (Å²) in [6.45, 7) is 1.62. The zero-order chi connectivity index (χ0) is 39.8. The Labute approximate surface area is 327 Å². The normalized spacial score (nSPS) is 29.4. The van der Waals surface area contributed by atoms with Crippen LogP contribution in [-0.4, -0.2) is 80.6 Å². The fraction of sp³-hybridized carbons (Fsp3) is 0.400. The molecule has 4 fully saturated rings. The Bertz CT molecular complexity index is 2140. The van der Waals surface area contributed by atoms with Gasteiger partial charge in [-0.05, 0) is 54.9 Å². The standard InChI is InChI=1S/C40H34Cl2F5N3O6/c41-39-18-26-24(10-11-25-27(26)36(53)49(35(25)52)22-12-14-48(15-13-22)19-20-4-2-1-3-5-20)28(21-6-8-23(9-7-21)56-17-16-51)40(39,42)38(55)50(37(39)54)34-32(46)30(44)29(43)31(45)33(34)47/h1-10,22,25-28,51H,11-19H2. The first-order chi connectivity index (χ1) is 26.7. The first-order valence-corrected chi connectivity index (χ1v) is 18.9. The van der Waals surface area contributed by atoms with E-state index in [4.69, 9.17) is 27.9 Å². The van der Waals surface area contributed by atoms with E-state index in [1.165, 1.54) is 29.2 Å². The highest BCUT2D eigenvalue weighted by Crippen LogP contribution is 2.66. The number of hydrogen-bond acceptors (Lipinski definition) is 7. The van der Waals surface area contributed by atoms with Gasteiger partial charge in [-0.1, -0.05) is 54.1 Å². The molecule has 0 spiro atoms. The Morgan fingerprint density at radius 1 is 0.786 bits per heavy atom. The Kier molecular flexibility index (Phi) is 9.78. The molecule has 3 aromatic carbocycles. The SMILES string of the molecule is O=C1C2CC=C3C(CC4(Cl)C(=O)N(c5c(F)c(F)c(F)c(F)c5F)C(=O)C4(Cl)C3c3ccc(OCCO)cc3)C2C(=O)N1C1CCN(Cc2ccccc2)CC1. The Morgan fingerprint density at radius 2 is 1.41 bits per heavy atom. The van der Waals surface area contributed by atoms with Crippen LogP contribution in [0.25, 0.3) is 0 Å². The van der Waals surface area contributed by atoms with Gasteiger partial charge in [0, 0.05) is 31.6 Å². The number of aliphatic hydroxyl groups excluding tert-OH is 1. The van der Waals surface area contributed by atoms with E-state index in [1.54, 1.807) is 6.08 Å². The number of amides is 4. The number of ether oxygens (including phenoxy) is 1. The van der Waals surface area contributed by atoms with Crippen LogP contribution < -0.4 is 9.64 Å². The van der Waals surface area contributed by atoms with Crippen LogP contribution in [0.2, 0.25) is 0 Å². The quantitative estimate of drug-likeness (QED) is 0.0745. The average molecular weight is 819 g/mol. The molecule has 3 saturated heterocycles. The number of benzene rings is 3. The van der Waals surface area contributed by atoms with Gasteiger partial charge in [0.2, 0.25) is 17.6 Å². The van der Waals surface area contributed by atoms with Gasteiger partial charge in [0.05, 0.1) is 18.4 Å². The van der Waals surface area contributed by atoms with Crippen molar-refractivity contribution < 1.29 is 51.0 Å². The van der Waals surface area contributed by atoms with E-state index in [2.05, 4.69) is 4.90 Å². The Morgan fingerprint density at radius 3 is 2.04 bits per heavy atom. The smallest absolute Gasteiger partial charge is 0.258 e. The molecule has 1 N–H and O–H groups in total. The van der Waals surface area contributed by atoms with Crippen LogP contribution in [0, 0.1) is 46.8 Å². The summed E-state index contributed by atoms with van der Waals surface area (Å²) in [5.41, 5.74) is -0.0885. The second-order valence-electron chi connectivity index (χ2n) is 14.9. The number of alkyl halides is 2. The average Bonchev–Trinajstić information content (AvgIpc) is 3.54. The molecule has 5 aliphatic rings. The number of rotatable bonds is 8. The van der Waals surface area contributed by atoms with Crippen LogP contribution in [0.4, 0.5) is 27.6 Å². The molecule has 2 aliphatic carbocycles. The summed E-state index contributed by atoms with van der Waals surface area (Å²) in [4.78, 5) is 55.7. The number of fused-ring (bicyclic) bond motifs is 4. The van der Waals surface area contributed by atoms with Crippen molar-refractivity contribution in [3.63, 3.8) is 0 Å². The number of carbonyl (C=O) groups is 4. The van der Waals surface area contributed by atoms with Gasteiger partial charge in [0.25, 0.3) is 11.8 Å². The van der Waals surface area contributed by atoms with Crippen molar-refractivity contribution in [1.29, 1.82) is 0 Å². The molecule has 56 heavy (non-hydrogen) atoms. The summed E-state index contributed by atoms with van der Waals surface area (Å²) < 4.78 is 79.3. The molecule has 0 bridgehead atoms. The van der Waals surface area contributed by atoms with E-state index in [0.717, 1.165) is 5.56 Å². The lowest BCUT2D eigenvalue weighted by molar-refractivity contribution is -0.144. The molecule has 8 rings (SSSR count). The first-order valence-electron chi connectivity index (χ1n) is 18.2. The number of carbonyl (C=O) groups excluding carboxylic acids is 4. The maximum atomic E-state index is 15.3. The molecule has 0 radical (unpaired) electrons. The van der Waals surface area contributed by atoms with Crippen LogP contribution in [0.5, 0.6) is 5.75 Å². The number of nitrogens with zero attached hydrogens (tertiary/aromatic N) is 3. The van der Waals surface area contributed by atoms with Gasteiger partial charge in [-0.2, -0.15) is 0 Å². The van der Waals surface area contributed by atoms with E-state index >= 15 is 8.78 Å². The lowest BCUT2D eigenvalue weighted by Crippen LogP contribution is -2.60. The molecule has 16 heteroatoms. The van der Waals surface area contributed by atoms with Gasteiger partial charge in [0.1, 0.15) is 18.0 Å². The number of hydrogen-bond donors (Lipinski definition) is 1. The molecular weight excluding hydrogens is 784 g/mol. The van der Waals surface area contributed by atoms with Crippen molar-refractivity contribution in [3.8, 4) is 5.75 Å². The zero-order valence-electron chi connectivity index (χ0n) is 29.5. The van der Waals surface area contributed by atoms with E-state index in [1.807, 2.05) is 30.3 Å². The van der Waals surface area contributed by atoms with Gasteiger partial charge in [-0.15, -0.1) is 23.2 Å². The Hall–Kier alpha value is -4.37. The third kappa shape index (κ3) is 5.61. The molecule has 0 aromatic heterocycles. The number of aliphatic hydroxyl groups is 1. The van der Waals surface area contributed by atoms with Gasteiger partial charge < -0.3 is 9.84 Å². The van der Waals surface area contributed by atoms with Crippen LogP contribution in [-0.2, 0) is 25.7 Å². The molecular formula is C40H34Cl2F5N3O6. The highest BCUT2D eigenvalue weighted by Gasteiger charge is 2.77. The predicted molar refractivity (Wildman–Crippen MR) is 192 cm³/mol. The summed E-state index contributed by atoms with van der Waals surface area (Å²) in [5.74, 6) is -20.1. The van der Waals surface area contributed by atoms with Crippen molar-refractivity contribution in [2.75, 3.05) is 31.2 Å². The maximum Gasteiger partial charge on any atom is 0.258 e. The third-order valence-corrected chi connectivity index (χ3v) is 13.4. The molecule has 294 valence electrons. The molecule has 4 amide bonds. The Balaban J connectivity index is 1.17. The topological polar surface area (TPSA) is 107 Å². The summed E-state index contributed by atoms with van der Waals surface area (Å²) in [6.07, 6.45) is 2.21.